The Morgan fingerprint density at radius 3 is 2.78 bits per heavy atom. The van der Waals surface area contributed by atoms with Gasteiger partial charge in [-0.2, -0.15) is 5.26 Å². The molecular weight excluding hydrogens is 233 g/mol. The van der Waals surface area contributed by atoms with E-state index in [1.165, 1.54) is 24.4 Å². The van der Waals surface area contributed by atoms with E-state index in [9.17, 15) is 4.39 Å². The average Bonchev–Trinajstić information content (AvgIpc) is 2.37. The molecule has 1 heterocycles. The van der Waals surface area contributed by atoms with Crippen molar-refractivity contribution >= 4 is 5.69 Å². The zero-order chi connectivity index (χ0) is 13.1. The number of anilines is 1. The van der Waals surface area contributed by atoms with Crippen LogP contribution in [-0.2, 0) is 0 Å². The third-order valence-electron chi connectivity index (χ3n) is 2.40. The van der Waals surface area contributed by atoms with Crippen molar-refractivity contribution in [3.63, 3.8) is 0 Å². The van der Waals surface area contributed by atoms with Crippen LogP contribution in [0.15, 0.2) is 30.5 Å². The molecule has 0 radical (unpaired) electrons. The molecule has 2 rings (SSSR count). The number of hydrogen-bond acceptors (Lipinski definition) is 4. The summed E-state index contributed by atoms with van der Waals surface area (Å²) >= 11 is 0. The molecule has 18 heavy (non-hydrogen) atoms. The fourth-order valence-electron chi connectivity index (χ4n) is 1.37. The van der Waals surface area contributed by atoms with Crippen molar-refractivity contribution in [1.82, 2.24) is 4.98 Å². The molecule has 0 unspecified atom stereocenters. The molecule has 0 aliphatic heterocycles. The van der Waals surface area contributed by atoms with Gasteiger partial charge in [-0.05, 0) is 24.6 Å². The van der Waals surface area contributed by atoms with Gasteiger partial charge in [0.1, 0.15) is 6.07 Å². The molecule has 0 amide bonds. The highest BCUT2D eigenvalue weighted by Gasteiger charge is 2.08. The van der Waals surface area contributed by atoms with Crippen LogP contribution in [-0.4, -0.2) is 4.98 Å². The van der Waals surface area contributed by atoms with E-state index in [1.807, 2.05) is 6.07 Å². The predicted octanol–water partition coefficient (Wildman–Crippen LogP) is 2.78. The molecule has 1 aromatic carbocycles. The standard InChI is InChI=1S/C13H10FN3O/c1-8-4-12(10(14)5-11(8)16)18-13-3-2-9(6-15)7-17-13/h2-5,7H,16H2,1H3. The fourth-order valence-corrected chi connectivity index (χ4v) is 1.37. The molecule has 2 aromatic rings. The number of nitrogen functional groups attached to an aromatic ring is 1. The SMILES string of the molecule is Cc1cc(Oc2ccc(C#N)cn2)c(F)cc1N. The van der Waals surface area contributed by atoms with Crippen LogP contribution in [0.25, 0.3) is 0 Å². The summed E-state index contributed by atoms with van der Waals surface area (Å²) in [5, 5.41) is 8.62. The predicted molar refractivity (Wildman–Crippen MR) is 64.6 cm³/mol. The molecule has 0 aliphatic rings. The summed E-state index contributed by atoms with van der Waals surface area (Å²) in [6.07, 6.45) is 1.36. The molecule has 0 bridgehead atoms. The quantitative estimate of drug-likeness (QED) is 0.823. The van der Waals surface area contributed by atoms with Crippen molar-refractivity contribution in [2.24, 2.45) is 0 Å². The Morgan fingerprint density at radius 2 is 2.17 bits per heavy atom. The number of hydrogen-bond donors (Lipinski definition) is 1. The molecule has 0 saturated heterocycles. The summed E-state index contributed by atoms with van der Waals surface area (Å²) in [6, 6.07) is 7.69. The molecular formula is C13H10FN3O. The Labute approximate surface area is 103 Å². The lowest BCUT2D eigenvalue weighted by molar-refractivity contribution is 0.427. The van der Waals surface area contributed by atoms with Crippen LogP contribution in [0.3, 0.4) is 0 Å². The average molecular weight is 243 g/mol. The topological polar surface area (TPSA) is 71.9 Å². The molecule has 1 aromatic heterocycles. The van der Waals surface area contributed by atoms with Crippen LogP contribution in [0.5, 0.6) is 11.6 Å². The van der Waals surface area contributed by atoms with E-state index in [-0.39, 0.29) is 11.6 Å². The zero-order valence-corrected chi connectivity index (χ0v) is 9.64. The van der Waals surface area contributed by atoms with E-state index in [0.29, 0.717) is 11.3 Å². The van der Waals surface area contributed by atoms with Crippen LogP contribution in [0.1, 0.15) is 11.1 Å². The van der Waals surface area contributed by atoms with Crippen molar-refractivity contribution in [2.75, 3.05) is 5.73 Å². The molecule has 90 valence electrons. The normalized spacial score (nSPS) is 9.83. The van der Waals surface area contributed by atoms with Crippen LogP contribution in [0, 0.1) is 24.1 Å². The largest absolute Gasteiger partial charge is 0.436 e. The van der Waals surface area contributed by atoms with Crippen molar-refractivity contribution in [1.29, 1.82) is 5.26 Å². The van der Waals surface area contributed by atoms with E-state index in [4.69, 9.17) is 15.7 Å². The molecule has 0 spiro atoms. The highest BCUT2D eigenvalue weighted by atomic mass is 19.1. The zero-order valence-electron chi connectivity index (χ0n) is 9.64. The van der Waals surface area contributed by atoms with Crippen LogP contribution >= 0.6 is 0 Å². The number of nitriles is 1. The van der Waals surface area contributed by atoms with Gasteiger partial charge in [-0.1, -0.05) is 0 Å². The van der Waals surface area contributed by atoms with E-state index < -0.39 is 5.82 Å². The van der Waals surface area contributed by atoms with Gasteiger partial charge < -0.3 is 10.5 Å². The van der Waals surface area contributed by atoms with Gasteiger partial charge in [0.2, 0.25) is 5.88 Å². The number of aromatic nitrogens is 1. The first-order valence-electron chi connectivity index (χ1n) is 5.20. The Kier molecular flexibility index (Phi) is 3.11. The smallest absolute Gasteiger partial charge is 0.219 e. The number of pyridine rings is 1. The van der Waals surface area contributed by atoms with Crippen molar-refractivity contribution in [3.05, 3.63) is 47.4 Å². The molecule has 4 nitrogen and oxygen atoms in total. The number of nitrogens with two attached hydrogens (primary N) is 1. The Hall–Kier alpha value is -2.61. The van der Waals surface area contributed by atoms with Crippen LogP contribution in [0.2, 0.25) is 0 Å². The van der Waals surface area contributed by atoms with Crippen LogP contribution < -0.4 is 10.5 Å². The summed E-state index contributed by atoms with van der Waals surface area (Å²) in [5.74, 6) is -0.278. The lowest BCUT2D eigenvalue weighted by Gasteiger charge is -2.08. The molecule has 0 aliphatic carbocycles. The van der Waals surface area contributed by atoms with Gasteiger partial charge in [0.05, 0.1) is 5.56 Å². The summed E-state index contributed by atoms with van der Waals surface area (Å²) in [6.45, 7) is 1.76. The Bertz CT molecular complexity index is 617. The second-order valence-electron chi connectivity index (χ2n) is 3.74. The number of rotatable bonds is 2. The first kappa shape index (κ1) is 11.9. The first-order valence-corrected chi connectivity index (χ1v) is 5.20. The second-order valence-corrected chi connectivity index (χ2v) is 3.74. The minimum absolute atomic E-state index is 0.0545. The number of nitrogens with zero attached hydrogens (tertiary/aromatic N) is 2. The number of aryl methyl sites for hydroxylation is 1. The van der Waals surface area contributed by atoms with Gasteiger partial charge in [-0.15, -0.1) is 0 Å². The van der Waals surface area contributed by atoms with E-state index in [1.54, 1.807) is 13.0 Å². The van der Waals surface area contributed by atoms with Gasteiger partial charge in [0, 0.05) is 24.0 Å². The van der Waals surface area contributed by atoms with Crippen molar-refractivity contribution in [2.45, 2.75) is 6.92 Å². The van der Waals surface area contributed by atoms with Gasteiger partial charge in [-0.25, -0.2) is 9.37 Å². The van der Waals surface area contributed by atoms with Gasteiger partial charge in [0.25, 0.3) is 0 Å². The van der Waals surface area contributed by atoms with Crippen LogP contribution in [0.4, 0.5) is 10.1 Å². The third kappa shape index (κ3) is 2.38. The summed E-state index contributed by atoms with van der Waals surface area (Å²) in [4.78, 5) is 3.90. The fraction of sp³-hybridized carbons (Fsp3) is 0.0769. The molecule has 2 N–H and O–H groups in total. The maximum absolute atomic E-state index is 13.6. The van der Waals surface area contributed by atoms with E-state index in [2.05, 4.69) is 4.98 Å². The minimum Gasteiger partial charge on any atom is -0.436 e. The molecule has 5 heteroatoms. The minimum atomic E-state index is -0.552. The maximum atomic E-state index is 13.6. The highest BCUT2D eigenvalue weighted by molar-refractivity contribution is 5.51. The lowest BCUT2D eigenvalue weighted by atomic mass is 10.2. The number of ether oxygens (including phenoxy) is 1. The molecule has 0 saturated carbocycles. The number of benzene rings is 1. The van der Waals surface area contributed by atoms with Crippen molar-refractivity contribution in [3.8, 4) is 17.7 Å². The second kappa shape index (κ2) is 4.72. The summed E-state index contributed by atoms with van der Waals surface area (Å²) < 4.78 is 18.9. The summed E-state index contributed by atoms with van der Waals surface area (Å²) in [7, 11) is 0. The van der Waals surface area contributed by atoms with Crippen molar-refractivity contribution < 1.29 is 9.13 Å². The molecule has 0 atom stereocenters. The van der Waals surface area contributed by atoms with E-state index >= 15 is 0 Å². The summed E-state index contributed by atoms with van der Waals surface area (Å²) in [5.41, 5.74) is 7.08. The van der Waals surface area contributed by atoms with Gasteiger partial charge in [0.15, 0.2) is 11.6 Å². The first-order chi connectivity index (χ1) is 8.60. The molecule has 0 fully saturated rings. The maximum Gasteiger partial charge on any atom is 0.219 e. The van der Waals surface area contributed by atoms with Gasteiger partial charge in [-0.3, -0.25) is 0 Å². The Morgan fingerprint density at radius 1 is 1.39 bits per heavy atom. The third-order valence-corrected chi connectivity index (χ3v) is 2.40. The number of halogens is 1. The van der Waals surface area contributed by atoms with E-state index in [0.717, 1.165) is 5.56 Å². The van der Waals surface area contributed by atoms with Gasteiger partial charge >= 0.3 is 0 Å². The Balaban J connectivity index is 2.28. The monoisotopic (exact) mass is 243 g/mol. The highest BCUT2D eigenvalue weighted by Crippen LogP contribution is 2.27. The lowest BCUT2D eigenvalue weighted by Crippen LogP contribution is -1.95.